The lowest BCUT2D eigenvalue weighted by Gasteiger charge is -2.23. The zero-order valence-corrected chi connectivity index (χ0v) is 11.1. The number of thiophene rings is 1. The number of carbonyl (C=O) groups excluding carboxylic acids is 1. The molecule has 6 heteroatoms. The Balaban J connectivity index is 1.66. The molecule has 5 nitrogen and oxygen atoms in total. The number of carboxylic acid groups (broad SMARTS) is 1. The minimum absolute atomic E-state index is 0.201. The van der Waals surface area contributed by atoms with Gasteiger partial charge in [0.1, 0.15) is 0 Å². The number of carboxylic acids is 1. The van der Waals surface area contributed by atoms with Crippen LogP contribution in [-0.4, -0.2) is 29.2 Å². The number of hydrogen-bond acceptors (Lipinski definition) is 4. The molecule has 2 bridgehead atoms. The molecule has 2 saturated heterocycles. The minimum atomic E-state index is -0.927. The third-order valence-corrected chi connectivity index (χ3v) is 4.75. The summed E-state index contributed by atoms with van der Waals surface area (Å²) in [5, 5.41) is 14.0. The van der Waals surface area contributed by atoms with Crippen LogP contribution in [-0.2, 0) is 20.9 Å². The van der Waals surface area contributed by atoms with E-state index in [9.17, 15) is 14.7 Å². The van der Waals surface area contributed by atoms with Gasteiger partial charge in [-0.05, 0) is 24.3 Å². The van der Waals surface area contributed by atoms with Gasteiger partial charge < -0.3 is 15.2 Å². The van der Waals surface area contributed by atoms with Gasteiger partial charge in [0.25, 0.3) is 0 Å². The fourth-order valence-corrected chi connectivity index (χ4v) is 3.67. The van der Waals surface area contributed by atoms with Crippen molar-refractivity contribution >= 4 is 23.2 Å². The number of nitrogens with one attached hydrogen (secondary N) is 1. The predicted molar refractivity (Wildman–Crippen MR) is 68.7 cm³/mol. The van der Waals surface area contributed by atoms with Crippen molar-refractivity contribution in [2.45, 2.75) is 31.6 Å². The summed E-state index contributed by atoms with van der Waals surface area (Å²) in [5.41, 5.74) is 0. The number of fused-ring (bicyclic) bond motifs is 2. The second-order valence-corrected chi connectivity index (χ2v) is 6.01. The lowest BCUT2D eigenvalue weighted by molar-refractivity contribution is -0.147. The first kappa shape index (κ1) is 12.6. The van der Waals surface area contributed by atoms with Gasteiger partial charge in [-0.2, -0.15) is 0 Å². The van der Waals surface area contributed by atoms with E-state index in [4.69, 9.17) is 4.74 Å². The Hall–Kier alpha value is -1.40. The Labute approximate surface area is 114 Å². The average molecular weight is 281 g/mol. The molecule has 2 aliphatic rings. The van der Waals surface area contributed by atoms with Gasteiger partial charge in [-0.1, -0.05) is 6.07 Å². The number of aliphatic carboxylic acids is 1. The quantitative estimate of drug-likeness (QED) is 0.870. The summed E-state index contributed by atoms with van der Waals surface area (Å²) in [7, 11) is 0. The number of ether oxygens (including phenoxy) is 1. The van der Waals surface area contributed by atoms with E-state index in [0.29, 0.717) is 6.54 Å². The van der Waals surface area contributed by atoms with Crippen LogP contribution < -0.4 is 5.32 Å². The Morgan fingerprint density at radius 2 is 2.11 bits per heavy atom. The number of amides is 1. The van der Waals surface area contributed by atoms with E-state index in [1.807, 2.05) is 17.5 Å². The van der Waals surface area contributed by atoms with Crippen LogP contribution >= 0.6 is 11.3 Å². The van der Waals surface area contributed by atoms with Gasteiger partial charge >= 0.3 is 5.97 Å². The van der Waals surface area contributed by atoms with Crippen molar-refractivity contribution in [3.8, 4) is 0 Å². The molecule has 2 fully saturated rings. The molecule has 3 heterocycles. The van der Waals surface area contributed by atoms with Crippen LogP contribution in [0.3, 0.4) is 0 Å². The van der Waals surface area contributed by atoms with E-state index in [-0.39, 0.29) is 18.1 Å². The van der Waals surface area contributed by atoms with E-state index < -0.39 is 17.8 Å². The summed E-state index contributed by atoms with van der Waals surface area (Å²) in [4.78, 5) is 24.5. The minimum Gasteiger partial charge on any atom is -0.481 e. The summed E-state index contributed by atoms with van der Waals surface area (Å²) in [6, 6.07) is 3.86. The number of rotatable bonds is 4. The van der Waals surface area contributed by atoms with E-state index in [0.717, 1.165) is 17.7 Å². The smallest absolute Gasteiger partial charge is 0.310 e. The van der Waals surface area contributed by atoms with Crippen LogP contribution in [0.2, 0.25) is 0 Å². The predicted octanol–water partition coefficient (Wildman–Crippen LogP) is 1.24. The molecule has 2 aliphatic heterocycles. The molecule has 0 unspecified atom stereocenters. The average Bonchev–Trinajstić information content (AvgIpc) is 3.10. The van der Waals surface area contributed by atoms with Crippen molar-refractivity contribution in [3.63, 3.8) is 0 Å². The Bertz CT molecular complexity index is 487. The highest BCUT2D eigenvalue weighted by atomic mass is 32.1. The number of hydrogen-bond donors (Lipinski definition) is 2. The second kappa shape index (κ2) is 4.94. The molecule has 4 atom stereocenters. The highest BCUT2D eigenvalue weighted by molar-refractivity contribution is 7.09. The van der Waals surface area contributed by atoms with Gasteiger partial charge in [-0.25, -0.2) is 0 Å². The molecule has 1 aromatic rings. The maximum atomic E-state index is 12.2. The zero-order chi connectivity index (χ0) is 13.4. The van der Waals surface area contributed by atoms with Crippen LogP contribution in [0.5, 0.6) is 0 Å². The lowest BCUT2D eigenvalue weighted by Crippen LogP contribution is -2.43. The van der Waals surface area contributed by atoms with Crippen LogP contribution in [0.15, 0.2) is 17.5 Å². The molecule has 0 radical (unpaired) electrons. The van der Waals surface area contributed by atoms with Crippen molar-refractivity contribution < 1.29 is 19.4 Å². The Kier molecular flexibility index (Phi) is 3.28. The summed E-state index contributed by atoms with van der Waals surface area (Å²) >= 11 is 1.57. The highest BCUT2D eigenvalue weighted by Crippen LogP contribution is 2.43. The first-order valence-corrected chi connectivity index (χ1v) is 7.23. The summed E-state index contributed by atoms with van der Waals surface area (Å²) in [6.45, 7) is 0.455. The molecular formula is C13H15NO4S. The SMILES string of the molecule is O=C(O)[C@@H]1[C@H](C(=O)NCc2cccs2)[C@H]2CC[C@@H]1O2. The first-order chi connectivity index (χ1) is 9.16. The Morgan fingerprint density at radius 3 is 2.74 bits per heavy atom. The molecule has 19 heavy (non-hydrogen) atoms. The van der Waals surface area contributed by atoms with Gasteiger partial charge in [-0.3, -0.25) is 9.59 Å². The molecule has 3 rings (SSSR count). The van der Waals surface area contributed by atoms with Gasteiger partial charge in [0.2, 0.25) is 5.91 Å². The van der Waals surface area contributed by atoms with Crippen molar-refractivity contribution in [2.24, 2.45) is 11.8 Å². The molecule has 0 aliphatic carbocycles. The molecule has 0 saturated carbocycles. The fraction of sp³-hybridized carbons (Fsp3) is 0.538. The Morgan fingerprint density at radius 1 is 1.37 bits per heavy atom. The standard InChI is InChI=1S/C13H15NO4S/c15-12(14-6-7-2-1-5-19-7)10-8-3-4-9(18-8)11(10)13(16)17/h1-2,5,8-11H,3-4,6H2,(H,14,15)(H,16,17)/t8-,9+,10-,11+/m1/s1. The van der Waals surface area contributed by atoms with Gasteiger partial charge in [0, 0.05) is 4.88 Å². The van der Waals surface area contributed by atoms with Crippen molar-refractivity contribution in [3.05, 3.63) is 22.4 Å². The van der Waals surface area contributed by atoms with Crippen molar-refractivity contribution in [1.82, 2.24) is 5.32 Å². The molecule has 2 N–H and O–H groups in total. The molecule has 1 aromatic heterocycles. The van der Waals surface area contributed by atoms with E-state index in [1.165, 1.54) is 0 Å². The fourth-order valence-electron chi connectivity index (χ4n) is 3.03. The third-order valence-electron chi connectivity index (χ3n) is 3.88. The molecule has 102 valence electrons. The lowest BCUT2D eigenvalue weighted by atomic mass is 9.79. The van der Waals surface area contributed by atoms with Crippen molar-refractivity contribution in [1.29, 1.82) is 0 Å². The van der Waals surface area contributed by atoms with Crippen LogP contribution in [0.4, 0.5) is 0 Å². The number of carbonyl (C=O) groups is 2. The third kappa shape index (κ3) is 2.26. The normalized spacial score (nSPS) is 32.4. The monoisotopic (exact) mass is 281 g/mol. The maximum absolute atomic E-state index is 12.2. The second-order valence-electron chi connectivity index (χ2n) is 4.98. The summed E-state index contributed by atoms with van der Waals surface area (Å²) in [6.07, 6.45) is 1.01. The summed E-state index contributed by atoms with van der Waals surface area (Å²) in [5.74, 6) is -2.37. The van der Waals surface area contributed by atoms with Crippen molar-refractivity contribution in [2.75, 3.05) is 0 Å². The highest BCUT2D eigenvalue weighted by Gasteiger charge is 2.55. The molecule has 1 amide bonds. The van der Waals surface area contributed by atoms with Gasteiger partial charge in [0.05, 0.1) is 30.6 Å². The zero-order valence-electron chi connectivity index (χ0n) is 10.2. The summed E-state index contributed by atoms with van der Waals surface area (Å²) < 4.78 is 5.58. The van der Waals surface area contributed by atoms with Crippen LogP contribution in [0.1, 0.15) is 17.7 Å². The maximum Gasteiger partial charge on any atom is 0.310 e. The van der Waals surface area contributed by atoms with Gasteiger partial charge in [-0.15, -0.1) is 11.3 Å². The van der Waals surface area contributed by atoms with Crippen LogP contribution in [0.25, 0.3) is 0 Å². The topological polar surface area (TPSA) is 75.6 Å². The first-order valence-electron chi connectivity index (χ1n) is 6.35. The van der Waals surface area contributed by atoms with Gasteiger partial charge in [0.15, 0.2) is 0 Å². The molecule has 0 aromatic carbocycles. The largest absolute Gasteiger partial charge is 0.481 e. The van der Waals surface area contributed by atoms with E-state index >= 15 is 0 Å². The molecular weight excluding hydrogens is 266 g/mol. The van der Waals surface area contributed by atoms with Crippen LogP contribution in [0, 0.1) is 11.8 Å². The molecule has 0 spiro atoms. The van der Waals surface area contributed by atoms with E-state index in [1.54, 1.807) is 11.3 Å². The van der Waals surface area contributed by atoms with E-state index in [2.05, 4.69) is 5.32 Å².